The molecule has 1 saturated carbocycles. The Hall–Kier alpha value is -1.02. The minimum Gasteiger partial charge on any atom is -0.508 e. The van der Waals surface area contributed by atoms with Gasteiger partial charge in [-0.2, -0.15) is 0 Å². The van der Waals surface area contributed by atoms with Crippen molar-refractivity contribution in [3.8, 4) is 5.75 Å². The maximum atomic E-state index is 9.60. The SMILES string of the molecule is CN(C)C1CC1c1ccccc1O. The Bertz CT molecular complexity index is 309. The first-order valence-electron chi connectivity index (χ1n) is 4.64. The molecule has 0 aromatic heterocycles. The fraction of sp³-hybridized carbons (Fsp3) is 0.455. The van der Waals surface area contributed by atoms with Gasteiger partial charge in [-0.15, -0.1) is 0 Å². The van der Waals surface area contributed by atoms with Crippen molar-refractivity contribution >= 4 is 0 Å². The highest BCUT2D eigenvalue weighted by Crippen LogP contribution is 2.46. The van der Waals surface area contributed by atoms with E-state index in [0.717, 1.165) is 5.56 Å². The van der Waals surface area contributed by atoms with Gasteiger partial charge in [0.15, 0.2) is 0 Å². The Morgan fingerprint density at radius 1 is 1.31 bits per heavy atom. The molecule has 1 aliphatic carbocycles. The van der Waals surface area contributed by atoms with E-state index < -0.39 is 0 Å². The van der Waals surface area contributed by atoms with Crippen molar-refractivity contribution in [3.63, 3.8) is 0 Å². The van der Waals surface area contributed by atoms with Crippen LogP contribution in [0.3, 0.4) is 0 Å². The topological polar surface area (TPSA) is 23.5 Å². The Kier molecular flexibility index (Phi) is 2.00. The fourth-order valence-electron chi connectivity index (χ4n) is 1.89. The molecule has 2 nitrogen and oxygen atoms in total. The molecule has 1 aromatic rings. The van der Waals surface area contributed by atoms with Gasteiger partial charge in [-0.3, -0.25) is 0 Å². The summed E-state index contributed by atoms with van der Waals surface area (Å²) in [5.41, 5.74) is 1.10. The molecule has 1 aliphatic rings. The van der Waals surface area contributed by atoms with Gasteiger partial charge in [-0.05, 0) is 32.1 Å². The summed E-state index contributed by atoms with van der Waals surface area (Å²) in [7, 11) is 4.18. The molecule has 1 N–H and O–H groups in total. The zero-order chi connectivity index (χ0) is 9.42. The normalized spacial score (nSPS) is 26.4. The molecule has 1 fully saturated rings. The number of nitrogens with zero attached hydrogens (tertiary/aromatic N) is 1. The Labute approximate surface area is 78.8 Å². The van der Waals surface area contributed by atoms with E-state index in [1.807, 2.05) is 18.2 Å². The third-order valence-corrected chi connectivity index (χ3v) is 2.76. The van der Waals surface area contributed by atoms with Crippen LogP contribution in [0, 0.1) is 0 Å². The van der Waals surface area contributed by atoms with Crippen LogP contribution in [0.2, 0.25) is 0 Å². The van der Waals surface area contributed by atoms with E-state index >= 15 is 0 Å². The summed E-state index contributed by atoms with van der Waals surface area (Å²) in [4.78, 5) is 2.22. The van der Waals surface area contributed by atoms with Gasteiger partial charge in [0.25, 0.3) is 0 Å². The molecule has 0 aliphatic heterocycles. The van der Waals surface area contributed by atoms with Crippen LogP contribution in [0.5, 0.6) is 5.75 Å². The predicted octanol–water partition coefficient (Wildman–Crippen LogP) is 1.81. The summed E-state index contributed by atoms with van der Waals surface area (Å²) >= 11 is 0. The molecule has 0 spiro atoms. The number of aromatic hydroxyl groups is 1. The Morgan fingerprint density at radius 3 is 2.54 bits per heavy atom. The lowest BCUT2D eigenvalue weighted by atomic mass is 10.1. The van der Waals surface area contributed by atoms with E-state index in [1.54, 1.807) is 6.07 Å². The third kappa shape index (κ3) is 1.54. The van der Waals surface area contributed by atoms with Crippen LogP contribution >= 0.6 is 0 Å². The molecule has 2 rings (SSSR count). The summed E-state index contributed by atoms with van der Waals surface area (Å²) in [5, 5.41) is 9.60. The number of hydrogen-bond donors (Lipinski definition) is 1. The Balaban J connectivity index is 2.16. The van der Waals surface area contributed by atoms with Crippen LogP contribution in [0.4, 0.5) is 0 Å². The lowest BCUT2D eigenvalue weighted by Crippen LogP contribution is -2.15. The van der Waals surface area contributed by atoms with Crippen molar-refractivity contribution < 1.29 is 5.11 Å². The largest absolute Gasteiger partial charge is 0.508 e. The van der Waals surface area contributed by atoms with Gasteiger partial charge >= 0.3 is 0 Å². The standard InChI is InChI=1S/C11H15NO/c1-12(2)10-7-9(10)8-5-3-4-6-11(8)13/h3-6,9-10,13H,7H2,1-2H3. The van der Waals surface area contributed by atoms with Crippen LogP contribution in [0.15, 0.2) is 24.3 Å². The van der Waals surface area contributed by atoms with E-state index in [2.05, 4.69) is 19.0 Å². The van der Waals surface area contributed by atoms with Gasteiger partial charge in [-0.1, -0.05) is 18.2 Å². The summed E-state index contributed by atoms with van der Waals surface area (Å²) in [6.07, 6.45) is 1.17. The quantitative estimate of drug-likeness (QED) is 0.744. The van der Waals surface area contributed by atoms with Crippen molar-refractivity contribution in [2.45, 2.75) is 18.4 Å². The monoisotopic (exact) mass is 177 g/mol. The van der Waals surface area contributed by atoms with Crippen molar-refractivity contribution in [2.75, 3.05) is 14.1 Å². The van der Waals surface area contributed by atoms with Crippen LogP contribution in [0.1, 0.15) is 17.9 Å². The minimum absolute atomic E-state index is 0.442. The lowest BCUT2D eigenvalue weighted by molar-refractivity contribution is 0.388. The summed E-state index contributed by atoms with van der Waals surface area (Å²) in [6.45, 7) is 0. The van der Waals surface area contributed by atoms with Gasteiger partial charge in [0.05, 0.1) is 0 Å². The molecule has 0 heterocycles. The average molecular weight is 177 g/mol. The molecule has 70 valence electrons. The highest BCUT2D eigenvalue weighted by molar-refractivity contribution is 5.39. The molecule has 1 aromatic carbocycles. The van der Waals surface area contributed by atoms with Gasteiger partial charge in [0.1, 0.15) is 5.75 Å². The molecule has 2 atom stereocenters. The molecular weight excluding hydrogens is 162 g/mol. The number of phenolic OH excluding ortho intramolecular Hbond substituents is 1. The zero-order valence-corrected chi connectivity index (χ0v) is 8.07. The van der Waals surface area contributed by atoms with E-state index in [1.165, 1.54) is 6.42 Å². The van der Waals surface area contributed by atoms with E-state index in [0.29, 0.717) is 17.7 Å². The van der Waals surface area contributed by atoms with Crippen molar-refractivity contribution in [1.29, 1.82) is 0 Å². The number of likely N-dealkylation sites (N-methyl/N-ethyl adjacent to an activating group) is 1. The van der Waals surface area contributed by atoms with E-state index in [9.17, 15) is 5.11 Å². The maximum Gasteiger partial charge on any atom is 0.119 e. The number of para-hydroxylation sites is 1. The summed E-state index contributed by atoms with van der Waals surface area (Å²) < 4.78 is 0. The zero-order valence-electron chi connectivity index (χ0n) is 8.07. The molecule has 0 radical (unpaired) electrons. The predicted molar refractivity (Wildman–Crippen MR) is 52.9 cm³/mol. The summed E-state index contributed by atoms with van der Waals surface area (Å²) in [6, 6.07) is 8.25. The molecule has 0 amide bonds. The Morgan fingerprint density at radius 2 is 2.00 bits per heavy atom. The van der Waals surface area contributed by atoms with Gasteiger partial charge in [0.2, 0.25) is 0 Å². The molecule has 2 unspecified atom stereocenters. The molecule has 2 heteroatoms. The minimum atomic E-state index is 0.442. The highest BCUT2D eigenvalue weighted by atomic mass is 16.3. The van der Waals surface area contributed by atoms with Crippen molar-refractivity contribution in [3.05, 3.63) is 29.8 Å². The average Bonchev–Trinajstić information content (AvgIpc) is 2.84. The van der Waals surface area contributed by atoms with Crippen LogP contribution < -0.4 is 0 Å². The molecular formula is C11H15NO. The first-order valence-corrected chi connectivity index (χ1v) is 4.64. The first-order chi connectivity index (χ1) is 6.20. The molecule has 13 heavy (non-hydrogen) atoms. The number of phenols is 1. The highest BCUT2D eigenvalue weighted by Gasteiger charge is 2.41. The second kappa shape index (κ2) is 3.04. The van der Waals surface area contributed by atoms with Crippen LogP contribution in [-0.2, 0) is 0 Å². The third-order valence-electron chi connectivity index (χ3n) is 2.76. The fourth-order valence-corrected chi connectivity index (χ4v) is 1.89. The lowest BCUT2D eigenvalue weighted by Gasteiger charge is -2.09. The second-order valence-electron chi connectivity index (χ2n) is 3.93. The van der Waals surface area contributed by atoms with E-state index in [-0.39, 0.29) is 0 Å². The number of hydrogen-bond acceptors (Lipinski definition) is 2. The van der Waals surface area contributed by atoms with E-state index in [4.69, 9.17) is 0 Å². The van der Waals surface area contributed by atoms with Gasteiger partial charge in [0, 0.05) is 12.0 Å². The smallest absolute Gasteiger partial charge is 0.119 e. The van der Waals surface area contributed by atoms with Crippen molar-refractivity contribution in [1.82, 2.24) is 4.90 Å². The number of rotatable bonds is 2. The second-order valence-corrected chi connectivity index (χ2v) is 3.93. The molecule has 0 saturated heterocycles. The number of benzene rings is 1. The van der Waals surface area contributed by atoms with Crippen LogP contribution in [0.25, 0.3) is 0 Å². The van der Waals surface area contributed by atoms with Gasteiger partial charge in [-0.25, -0.2) is 0 Å². The summed E-state index contributed by atoms with van der Waals surface area (Å²) in [5.74, 6) is 0.980. The molecule has 0 bridgehead atoms. The first kappa shape index (κ1) is 8.57. The van der Waals surface area contributed by atoms with Crippen LogP contribution in [-0.4, -0.2) is 30.1 Å². The van der Waals surface area contributed by atoms with Crippen molar-refractivity contribution in [2.24, 2.45) is 0 Å². The maximum absolute atomic E-state index is 9.60. The van der Waals surface area contributed by atoms with Gasteiger partial charge < -0.3 is 10.0 Å².